The van der Waals surface area contributed by atoms with Gasteiger partial charge >= 0.3 is 0 Å². The molecule has 0 radical (unpaired) electrons. The number of aromatic nitrogens is 1. The summed E-state index contributed by atoms with van der Waals surface area (Å²) in [5, 5.41) is 1.41. The average molecular weight is 326 g/mol. The van der Waals surface area contributed by atoms with Crippen LogP contribution in [0.4, 0.5) is 0 Å². The van der Waals surface area contributed by atoms with Crippen molar-refractivity contribution in [3.05, 3.63) is 64.3 Å². The summed E-state index contributed by atoms with van der Waals surface area (Å²) < 4.78 is 3.62. The van der Waals surface area contributed by atoms with E-state index in [4.69, 9.17) is 0 Å². The molecule has 4 rings (SSSR count). The number of para-hydroxylation sites is 1. The van der Waals surface area contributed by atoms with Crippen LogP contribution in [0.25, 0.3) is 16.6 Å². The molecule has 1 nitrogen and oxygen atoms in total. The lowest BCUT2D eigenvalue weighted by Crippen LogP contribution is -2.06. The van der Waals surface area contributed by atoms with Crippen molar-refractivity contribution in [1.82, 2.24) is 4.57 Å². The lowest BCUT2D eigenvalue weighted by atomic mass is 9.95. The second-order valence-electron chi connectivity index (χ2n) is 5.46. The predicted octanol–water partition coefficient (Wildman–Crippen LogP) is 5.27. The van der Waals surface area contributed by atoms with Crippen molar-refractivity contribution in [2.45, 2.75) is 25.7 Å². The molecule has 20 heavy (non-hydrogen) atoms. The Balaban J connectivity index is 2.09. The summed E-state index contributed by atoms with van der Waals surface area (Å²) in [5.74, 6) is 0. The summed E-state index contributed by atoms with van der Waals surface area (Å²) in [4.78, 5) is 0. The van der Waals surface area contributed by atoms with E-state index >= 15 is 0 Å². The monoisotopic (exact) mass is 325 g/mol. The molecule has 3 aromatic rings. The van der Waals surface area contributed by atoms with Crippen LogP contribution in [0.2, 0.25) is 0 Å². The van der Waals surface area contributed by atoms with Gasteiger partial charge in [-0.05, 0) is 61.6 Å². The normalized spacial score (nSPS) is 14.4. The maximum atomic E-state index is 3.62. The van der Waals surface area contributed by atoms with Crippen LogP contribution >= 0.6 is 15.9 Å². The van der Waals surface area contributed by atoms with E-state index in [0.29, 0.717) is 0 Å². The molecule has 0 unspecified atom stereocenters. The summed E-state index contributed by atoms with van der Waals surface area (Å²) in [6, 6.07) is 17.4. The molecule has 0 fully saturated rings. The molecule has 0 bridgehead atoms. The minimum absolute atomic E-state index is 1.17. The number of hydrogen-bond acceptors (Lipinski definition) is 0. The van der Waals surface area contributed by atoms with E-state index in [1.807, 2.05) is 0 Å². The van der Waals surface area contributed by atoms with Crippen molar-refractivity contribution in [1.29, 1.82) is 0 Å². The minimum Gasteiger partial charge on any atom is -0.313 e. The van der Waals surface area contributed by atoms with Crippen LogP contribution in [0.5, 0.6) is 0 Å². The molecule has 0 N–H and O–H groups in total. The molecule has 2 heteroatoms. The summed E-state index contributed by atoms with van der Waals surface area (Å²) >= 11 is 3.62. The second kappa shape index (κ2) is 4.78. The Hall–Kier alpha value is -1.54. The summed E-state index contributed by atoms with van der Waals surface area (Å²) in [6.45, 7) is 0. The standard InChI is InChI=1S/C18H16BrN/c19-13-10-11-18-16(12-13)15-8-4-5-9-17(15)20(18)14-6-2-1-3-7-14/h1-3,6-7,10-12H,4-5,8-9H2. The first-order valence-corrected chi connectivity index (χ1v) is 8.01. The molecule has 1 aromatic heterocycles. The molecular formula is C18H16BrN. The fourth-order valence-electron chi connectivity index (χ4n) is 3.39. The molecule has 1 heterocycles. The molecule has 0 aliphatic heterocycles. The maximum absolute atomic E-state index is 3.62. The Kier molecular flexibility index (Phi) is 2.92. The average Bonchev–Trinajstić information content (AvgIpc) is 2.82. The van der Waals surface area contributed by atoms with E-state index in [0.717, 1.165) is 0 Å². The molecular weight excluding hydrogens is 310 g/mol. The summed E-state index contributed by atoms with van der Waals surface area (Å²) in [7, 11) is 0. The Morgan fingerprint density at radius 3 is 2.55 bits per heavy atom. The van der Waals surface area contributed by atoms with Crippen molar-refractivity contribution in [2.75, 3.05) is 0 Å². The molecule has 1 aliphatic rings. The number of rotatable bonds is 1. The zero-order valence-electron chi connectivity index (χ0n) is 11.3. The van der Waals surface area contributed by atoms with Gasteiger partial charge in [0.25, 0.3) is 0 Å². The van der Waals surface area contributed by atoms with Gasteiger partial charge in [-0.25, -0.2) is 0 Å². The molecule has 0 spiro atoms. The summed E-state index contributed by atoms with van der Waals surface area (Å²) in [5.41, 5.74) is 5.68. The fraction of sp³-hybridized carbons (Fsp3) is 0.222. The zero-order chi connectivity index (χ0) is 13.5. The molecule has 100 valence electrons. The van der Waals surface area contributed by atoms with Crippen LogP contribution in [0.3, 0.4) is 0 Å². The molecule has 0 saturated heterocycles. The Morgan fingerprint density at radius 2 is 1.70 bits per heavy atom. The van der Waals surface area contributed by atoms with Crippen LogP contribution in [0.1, 0.15) is 24.1 Å². The van der Waals surface area contributed by atoms with Crippen molar-refractivity contribution >= 4 is 26.8 Å². The molecule has 2 aromatic carbocycles. The number of benzene rings is 2. The van der Waals surface area contributed by atoms with Crippen LogP contribution in [-0.4, -0.2) is 4.57 Å². The first-order chi connectivity index (χ1) is 9.84. The van der Waals surface area contributed by atoms with E-state index in [9.17, 15) is 0 Å². The number of nitrogens with zero attached hydrogens (tertiary/aromatic N) is 1. The van der Waals surface area contributed by atoms with Crippen LogP contribution < -0.4 is 0 Å². The lowest BCUT2D eigenvalue weighted by molar-refractivity contribution is 0.667. The fourth-order valence-corrected chi connectivity index (χ4v) is 3.75. The highest BCUT2D eigenvalue weighted by molar-refractivity contribution is 9.10. The number of halogens is 1. The molecule has 0 atom stereocenters. The third-order valence-corrected chi connectivity index (χ3v) is 4.74. The van der Waals surface area contributed by atoms with Crippen LogP contribution in [-0.2, 0) is 12.8 Å². The van der Waals surface area contributed by atoms with E-state index < -0.39 is 0 Å². The van der Waals surface area contributed by atoms with Crippen molar-refractivity contribution in [3.63, 3.8) is 0 Å². The predicted molar refractivity (Wildman–Crippen MR) is 87.6 cm³/mol. The van der Waals surface area contributed by atoms with Gasteiger partial charge < -0.3 is 4.57 Å². The third-order valence-electron chi connectivity index (χ3n) is 4.25. The largest absolute Gasteiger partial charge is 0.313 e. The highest BCUT2D eigenvalue weighted by Crippen LogP contribution is 2.35. The SMILES string of the molecule is Brc1ccc2c(c1)c1c(n2-c2ccccc2)CCCC1. The third kappa shape index (κ3) is 1.82. The summed E-state index contributed by atoms with van der Waals surface area (Å²) in [6.07, 6.45) is 5.02. The number of aryl methyl sites for hydroxylation is 1. The Labute approximate surface area is 127 Å². The highest BCUT2D eigenvalue weighted by Gasteiger charge is 2.20. The zero-order valence-corrected chi connectivity index (χ0v) is 12.9. The van der Waals surface area contributed by atoms with Gasteiger partial charge in [-0.15, -0.1) is 0 Å². The Morgan fingerprint density at radius 1 is 0.900 bits per heavy atom. The van der Waals surface area contributed by atoms with Crippen molar-refractivity contribution < 1.29 is 0 Å². The number of hydrogen-bond donors (Lipinski definition) is 0. The smallest absolute Gasteiger partial charge is 0.0535 e. The lowest BCUT2D eigenvalue weighted by Gasteiger charge is -2.16. The van der Waals surface area contributed by atoms with Gasteiger partial charge in [0.15, 0.2) is 0 Å². The van der Waals surface area contributed by atoms with Gasteiger partial charge in [0.2, 0.25) is 0 Å². The number of fused-ring (bicyclic) bond motifs is 3. The van der Waals surface area contributed by atoms with Gasteiger partial charge in [-0.1, -0.05) is 34.1 Å². The van der Waals surface area contributed by atoms with Gasteiger partial charge in [0, 0.05) is 21.2 Å². The maximum Gasteiger partial charge on any atom is 0.0535 e. The second-order valence-corrected chi connectivity index (χ2v) is 6.38. The first-order valence-electron chi connectivity index (χ1n) is 7.22. The Bertz CT molecular complexity index is 771. The van der Waals surface area contributed by atoms with Crippen molar-refractivity contribution in [2.24, 2.45) is 0 Å². The van der Waals surface area contributed by atoms with Gasteiger partial charge in [0.05, 0.1) is 5.52 Å². The van der Waals surface area contributed by atoms with Crippen LogP contribution in [0, 0.1) is 0 Å². The van der Waals surface area contributed by atoms with Gasteiger partial charge in [0.1, 0.15) is 0 Å². The van der Waals surface area contributed by atoms with E-state index in [2.05, 4.69) is 69.0 Å². The molecule has 0 saturated carbocycles. The first kappa shape index (κ1) is 12.2. The van der Waals surface area contributed by atoms with Gasteiger partial charge in [-0.3, -0.25) is 0 Å². The highest BCUT2D eigenvalue weighted by atomic mass is 79.9. The van der Waals surface area contributed by atoms with E-state index in [1.54, 1.807) is 5.56 Å². The van der Waals surface area contributed by atoms with E-state index in [1.165, 1.54) is 52.4 Å². The van der Waals surface area contributed by atoms with Crippen molar-refractivity contribution in [3.8, 4) is 5.69 Å². The molecule has 1 aliphatic carbocycles. The molecule has 0 amide bonds. The van der Waals surface area contributed by atoms with E-state index in [-0.39, 0.29) is 0 Å². The topological polar surface area (TPSA) is 4.93 Å². The van der Waals surface area contributed by atoms with Crippen LogP contribution in [0.15, 0.2) is 53.0 Å². The van der Waals surface area contributed by atoms with Gasteiger partial charge in [-0.2, -0.15) is 0 Å². The quantitative estimate of drug-likeness (QED) is 0.574. The minimum atomic E-state index is 1.17.